The third-order valence-corrected chi connectivity index (χ3v) is 4.47. The first-order valence-corrected chi connectivity index (χ1v) is 8.28. The number of aromatic nitrogens is 2. The fourth-order valence-corrected chi connectivity index (χ4v) is 3.07. The summed E-state index contributed by atoms with van der Waals surface area (Å²) in [4.78, 5) is 33.8. The number of amides is 1. The highest BCUT2D eigenvalue weighted by molar-refractivity contribution is 7.18. The minimum absolute atomic E-state index is 0.332. The number of hydrogen-bond acceptors (Lipinski definition) is 6. The van der Waals surface area contributed by atoms with E-state index in [9.17, 15) is 9.59 Å². The Hall–Kier alpha value is -2.22. The Bertz CT molecular complexity index is 716. The zero-order valence-corrected chi connectivity index (χ0v) is 14.1. The maximum Gasteiger partial charge on any atom is 0.326 e. The lowest BCUT2D eigenvalue weighted by molar-refractivity contribution is -0.142. The minimum Gasteiger partial charge on any atom is -0.480 e. The van der Waals surface area contributed by atoms with Gasteiger partial charge in [0, 0.05) is 4.88 Å². The molecule has 1 amide bonds. The lowest BCUT2D eigenvalue weighted by Gasteiger charge is -2.20. The molecule has 0 aliphatic rings. The molecule has 0 radical (unpaired) electrons. The average Bonchev–Trinajstić information content (AvgIpc) is 2.90. The second-order valence-corrected chi connectivity index (χ2v) is 6.45. The lowest BCUT2D eigenvalue weighted by Crippen LogP contribution is -2.47. The van der Waals surface area contributed by atoms with Crippen LogP contribution in [0.15, 0.2) is 12.4 Å². The molecule has 2 atom stereocenters. The zero-order valence-electron chi connectivity index (χ0n) is 13.3. The number of fused-ring (bicyclic) bond motifs is 1. The fourth-order valence-electron chi connectivity index (χ4n) is 2.22. The molecule has 0 saturated heterocycles. The molecule has 8 heteroatoms. The number of nitrogens with one attached hydrogen (secondary N) is 2. The number of rotatable bonds is 7. The van der Waals surface area contributed by atoms with Crippen molar-refractivity contribution in [3.63, 3.8) is 0 Å². The van der Waals surface area contributed by atoms with Gasteiger partial charge in [-0.2, -0.15) is 0 Å². The van der Waals surface area contributed by atoms with E-state index in [2.05, 4.69) is 20.6 Å². The van der Waals surface area contributed by atoms with E-state index >= 15 is 0 Å². The third kappa shape index (κ3) is 3.95. The third-order valence-electron chi connectivity index (χ3n) is 3.51. The number of aliphatic carboxylic acids is 1. The molecule has 0 aliphatic heterocycles. The van der Waals surface area contributed by atoms with Gasteiger partial charge >= 0.3 is 5.97 Å². The van der Waals surface area contributed by atoms with Crippen LogP contribution in [-0.4, -0.2) is 39.0 Å². The Morgan fingerprint density at radius 3 is 2.57 bits per heavy atom. The van der Waals surface area contributed by atoms with Gasteiger partial charge in [-0.3, -0.25) is 4.79 Å². The van der Waals surface area contributed by atoms with Gasteiger partial charge in [0.25, 0.3) is 0 Å². The molecule has 0 saturated carbocycles. The monoisotopic (exact) mass is 336 g/mol. The first-order valence-electron chi connectivity index (χ1n) is 7.47. The van der Waals surface area contributed by atoms with Crippen LogP contribution in [0.1, 0.15) is 31.6 Å². The standard InChI is InChI=1S/C15H20N4O3S/c1-4-10(13(20)19-11(5-2)15(21)22)18-12-9-6-8(3)23-14(9)17-7-16-12/h6-7,10-11H,4-5H2,1-3H3,(H,19,20)(H,21,22)(H,16,17,18). The van der Waals surface area contributed by atoms with Crippen molar-refractivity contribution in [2.75, 3.05) is 5.32 Å². The smallest absolute Gasteiger partial charge is 0.326 e. The zero-order chi connectivity index (χ0) is 17.0. The van der Waals surface area contributed by atoms with E-state index in [0.717, 1.165) is 15.1 Å². The Labute approximate surface area is 138 Å². The van der Waals surface area contributed by atoms with Crippen molar-refractivity contribution in [1.82, 2.24) is 15.3 Å². The first-order chi connectivity index (χ1) is 11.0. The van der Waals surface area contributed by atoms with Crippen molar-refractivity contribution in [2.24, 2.45) is 0 Å². The summed E-state index contributed by atoms with van der Waals surface area (Å²) in [6, 6.07) is 0.535. The second kappa shape index (κ2) is 7.36. The maximum atomic E-state index is 12.3. The summed E-state index contributed by atoms with van der Waals surface area (Å²) in [7, 11) is 0. The van der Waals surface area contributed by atoms with Gasteiger partial charge in [-0.15, -0.1) is 11.3 Å². The van der Waals surface area contributed by atoms with Gasteiger partial charge in [0.1, 0.15) is 29.1 Å². The molecule has 0 fully saturated rings. The summed E-state index contributed by atoms with van der Waals surface area (Å²) >= 11 is 1.56. The second-order valence-electron chi connectivity index (χ2n) is 5.21. The molecule has 2 aromatic heterocycles. The minimum atomic E-state index is -1.03. The van der Waals surface area contributed by atoms with Crippen molar-refractivity contribution in [3.8, 4) is 0 Å². The number of hydrogen-bond donors (Lipinski definition) is 3. The van der Waals surface area contributed by atoms with Crippen LogP contribution in [0.3, 0.4) is 0 Å². The molecule has 3 N–H and O–H groups in total. The molecule has 124 valence electrons. The van der Waals surface area contributed by atoms with Crippen LogP contribution >= 0.6 is 11.3 Å². The van der Waals surface area contributed by atoms with Gasteiger partial charge in [0.05, 0.1) is 5.39 Å². The van der Waals surface area contributed by atoms with Crippen molar-refractivity contribution in [1.29, 1.82) is 0 Å². The number of carbonyl (C=O) groups is 2. The quantitative estimate of drug-likeness (QED) is 0.716. The lowest BCUT2D eigenvalue weighted by atomic mass is 10.1. The van der Waals surface area contributed by atoms with Crippen molar-refractivity contribution in [3.05, 3.63) is 17.3 Å². The highest BCUT2D eigenvalue weighted by atomic mass is 32.1. The van der Waals surface area contributed by atoms with Gasteiger partial charge in [-0.25, -0.2) is 14.8 Å². The number of anilines is 1. The Balaban J connectivity index is 2.17. The molecule has 0 aliphatic carbocycles. The number of thiophene rings is 1. The van der Waals surface area contributed by atoms with E-state index in [1.807, 2.05) is 19.9 Å². The summed E-state index contributed by atoms with van der Waals surface area (Å²) in [6.45, 7) is 5.56. The first kappa shape index (κ1) is 17.1. The van der Waals surface area contributed by atoms with E-state index < -0.39 is 18.1 Å². The molecule has 0 spiro atoms. The molecule has 2 rings (SSSR count). The van der Waals surface area contributed by atoms with Gasteiger partial charge in [0.2, 0.25) is 5.91 Å². The summed E-state index contributed by atoms with van der Waals surface area (Å²) in [6.07, 6.45) is 2.30. The number of carbonyl (C=O) groups excluding carboxylic acids is 1. The van der Waals surface area contributed by atoms with Gasteiger partial charge in [-0.1, -0.05) is 13.8 Å². The van der Waals surface area contributed by atoms with Gasteiger partial charge in [-0.05, 0) is 25.8 Å². The Kier molecular flexibility index (Phi) is 5.49. The van der Waals surface area contributed by atoms with E-state index in [0.29, 0.717) is 18.7 Å². The van der Waals surface area contributed by atoms with E-state index in [1.54, 1.807) is 18.3 Å². The summed E-state index contributed by atoms with van der Waals surface area (Å²) < 4.78 is 0. The largest absolute Gasteiger partial charge is 0.480 e. The van der Waals surface area contributed by atoms with E-state index in [4.69, 9.17) is 5.11 Å². The predicted molar refractivity (Wildman–Crippen MR) is 89.7 cm³/mol. The van der Waals surface area contributed by atoms with Crippen LogP contribution in [-0.2, 0) is 9.59 Å². The van der Waals surface area contributed by atoms with Crippen LogP contribution in [0.25, 0.3) is 10.2 Å². The molecule has 7 nitrogen and oxygen atoms in total. The Morgan fingerprint density at radius 2 is 1.96 bits per heavy atom. The molecule has 23 heavy (non-hydrogen) atoms. The van der Waals surface area contributed by atoms with Crippen molar-refractivity contribution >= 4 is 39.2 Å². The summed E-state index contributed by atoms with van der Waals surface area (Å²) in [5.41, 5.74) is 0. The van der Waals surface area contributed by atoms with Crippen LogP contribution < -0.4 is 10.6 Å². The molecular weight excluding hydrogens is 316 g/mol. The summed E-state index contributed by atoms with van der Waals surface area (Å²) in [5, 5.41) is 15.6. The molecular formula is C15H20N4O3S. The molecule has 0 bridgehead atoms. The van der Waals surface area contributed by atoms with E-state index in [-0.39, 0.29) is 5.91 Å². The van der Waals surface area contributed by atoms with E-state index in [1.165, 1.54) is 6.33 Å². The molecule has 2 aromatic rings. The molecule has 0 aromatic carbocycles. The maximum absolute atomic E-state index is 12.3. The Morgan fingerprint density at radius 1 is 1.26 bits per heavy atom. The van der Waals surface area contributed by atoms with Crippen LogP contribution in [0.4, 0.5) is 5.82 Å². The van der Waals surface area contributed by atoms with Gasteiger partial charge in [0.15, 0.2) is 0 Å². The van der Waals surface area contributed by atoms with Crippen LogP contribution in [0.5, 0.6) is 0 Å². The van der Waals surface area contributed by atoms with Crippen molar-refractivity contribution < 1.29 is 14.7 Å². The normalized spacial score (nSPS) is 13.5. The fraction of sp³-hybridized carbons (Fsp3) is 0.467. The highest BCUT2D eigenvalue weighted by Gasteiger charge is 2.24. The number of nitrogens with zero attached hydrogens (tertiary/aromatic N) is 2. The van der Waals surface area contributed by atoms with Crippen LogP contribution in [0.2, 0.25) is 0 Å². The average molecular weight is 336 g/mol. The molecule has 2 heterocycles. The highest BCUT2D eigenvalue weighted by Crippen LogP contribution is 2.27. The SMILES string of the molecule is CCC(NC(=O)C(CC)Nc1ncnc2sc(C)cc12)C(=O)O. The van der Waals surface area contributed by atoms with Crippen LogP contribution in [0, 0.1) is 6.92 Å². The van der Waals surface area contributed by atoms with Gasteiger partial charge < -0.3 is 15.7 Å². The number of aryl methyl sites for hydroxylation is 1. The summed E-state index contributed by atoms with van der Waals surface area (Å²) in [5.74, 6) is -0.793. The number of carboxylic acids is 1. The molecule has 2 unspecified atom stereocenters. The van der Waals surface area contributed by atoms with Crippen molar-refractivity contribution in [2.45, 2.75) is 45.7 Å². The topological polar surface area (TPSA) is 104 Å². The predicted octanol–water partition coefficient (Wildman–Crippen LogP) is 2.17. The number of carboxylic acid groups (broad SMARTS) is 1.